The Bertz CT molecular complexity index is 804. The van der Waals surface area contributed by atoms with Crippen LogP contribution in [-0.4, -0.2) is 38.1 Å². The number of hydrogen-bond acceptors (Lipinski definition) is 5. The molecule has 0 atom stereocenters. The van der Waals surface area contributed by atoms with Gasteiger partial charge in [-0.25, -0.2) is 0 Å². The molecule has 7 nitrogen and oxygen atoms in total. The van der Waals surface area contributed by atoms with Crippen molar-refractivity contribution >= 4 is 23.2 Å². The molecule has 0 heterocycles. The molecule has 7 heteroatoms. The molecule has 0 bridgehead atoms. The molecular formula is C21H27N3O4. The van der Waals surface area contributed by atoms with Crippen LogP contribution in [0.2, 0.25) is 0 Å². The number of carbonyl (C=O) groups excluding carboxylic acids is 2. The fraction of sp³-hybridized carbons (Fsp3) is 0.333. The predicted octanol–water partition coefficient (Wildman–Crippen LogP) is 3.28. The summed E-state index contributed by atoms with van der Waals surface area (Å²) >= 11 is 0. The summed E-state index contributed by atoms with van der Waals surface area (Å²) in [4.78, 5) is 24.3. The second-order valence-corrected chi connectivity index (χ2v) is 7.28. The molecule has 0 aromatic heterocycles. The molecule has 2 aromatic rings. The van der Waals surface area contributed by atoms with E-state index in [2.05, 4.69) is 16.0 Å². The maximum Gasteiger partial charge on any atom is 0.251 e. The first-order valence-corrected chi connectivity index (χ1v) is 8.89. The van der Waals surface area contributed by atoms with E-state index >= 15 is 0 Å². The molecule has 28 heavy (non-hydrogen) atoms. The van der Waals surface area contributed by atoms with Gasteiger partial charge in [-0.2, -0.15) is 0 Å². The van der Waals surface area contributed by atoms with E-state index in [0.29, 0.717) is 22.7 Å². The van der Waals surface area contributed by atoms with Gasteiger partial charge in [-0.1, -0.05) is 0 Å². The predicted molar refractivity (Wildman–Crippen MR) is 110 cm³/mol. The second-order valence-electron chi connectivity index (χ2n) is 7.28. The lowest BCUT2D eigenvalue weighted by molar-refractivity contribution is -0.114. The average molecular weight is 385 g/mol. The normalized spacial score (nSPS) is 10.8. The molecule has 0 aliphatic carbocycles. The molecular weight excluding hydrogens is 358 g/mol. The number of nitrogens with one attached hydrogen (secondary N) is 3. The third kappa shape index (κ3) is 6.50. The number of hydrogen-bond donors (Lipinski definition) is 3. The van der Waals surface area contributed by atoms with Crippen molar-refractivity contribution in [2.24, 2.45) is 0 Å². The van der Waals surface area contributed by atoms with Crippen molar-refractivity contribution in [2.45, 2.75) is 26.3 Å². The van der Waals surface area contributed by atoms with Gasteiger partial charge in [-0.3, -0.25) is 9.59 Å². The highest BCUT2D eigenvalue weighted by molar-refractivity contribution is 5.95. The van der Waals surface area contributed by atoms with Crippen molar-refractivity contribution < 1.29 is 19.1 Å². The standard InChI is InChI=1S/C21H27N3O4/c1-21(2,3)24-20(26)14-6-8-15(9-7-14)22-13-19(25)23-16-10-17(27-4)12-18(11-16)28-5/h6-12,22H,13H2,1-5H3,(H,23,25)(H,24,26). The molecule has 0 saturated heterocycles. The Morgan fingerprint density at radius 2 is 1.46 bits per heavy atom. The fourth-order valence-corrected chi connectivity index (χ4v) is 2.42. The van der Waals surface area contributed by atoms with Crippen molar-refractivity contribution in [3.05, 3.63) is 48.0 Å². The van der Waals surface area contributed by atoms with E-state index in [1.807, 2.05) is 20.8 Å². The first kappa shape index (κ1) is 21.1. The lowest BCUT2D eigenvalue weighted by Gasteiger charge is -2.20. The summed E-state index contributed by atoms with van der Waals surface area (Å²) in [6, 6.07) is 12.1. The molecule has 0 aliphatic rings. The molecule has 3 N–H and O–H groups in total. The molecule has 2 amide bonds. The third-order valence-electron chi connectivity index (χ3n) is 3.72. The van der Waals surface area contributed by atoms with Crippen molar-refractivity contribution in [3.63, 3.8) is 0 Å². The molecule has 0 aliphatic heterocycles. The van der Waals surface area contributed by atoms with Crippen molar-refractivity contribution in [2.75, 3.05) is 31.4 Å². The maximum atomic E-state index is 12.2. The van der Waals surface area contributed by atoms with Gasteiger partial charge >= 0.3 is 0 Å². The number of rotatable bonds is 7. The van der Waals surface area contributed by atoms with Crippen LogP contribution in [0, 0.1) is 0 Å². The Morgan fingerprint density at radius 3 is 1.96 bits per heavy atom. The van der Waals surface area contributed by atoms with Crippen LogP contribution < -0.4 is 25.4 Å². The number of methoxy groups -OCH3 is 2. The van der Waals surface area contributed by atoms with Gasteiger partial charge in [0.25, 0.3) is 5.91 Å². The SMILES string of the molecule is COc1cc(NC(=O)CNc2ccc(C(=O)NC(C)(C)C)cc2)cc(OC)c1. The Kier molecular flexibility index (Phi) is 6.87. The molecule has 150 valence electrons. The van der Waals surface area contributed by atoms with Crippen molar-refractivity contribution in [3.8, 4) is 11.5 Å². The zero-order valence-electron chi connectivity index (χ0n) is 16.9. The number of carbonyl (C=O) groups is 2. The fourth-order valence-electron chi connectivity index (χ4n) is 2.42. The van der Waals surface area contributed by atoms with Gasteiger partial charge in [-0.15, -0.1) is 0 Å². The van der Waals surface area contributed by atoms with E-state index in [0.717, 1.165) is 5.69 Å². The zero-order valence-corrected chi connectivity index (χ0v) is 16.9. The van der Waals surface area contributed by atoms with Gasteiger partial charge in [0.15, 0.2) is 0 Å². The van der Waals surface area contributed by atoms with E-state index in [-0.39, 0.29) is 23.9 Å². The van der Waals surface area contributed by atoms with Crippen LogP contribution in [0.3, 0.4) is 0 Å². The highest BCUT2D eigenvalue weighted by atomic mass is 16.5. The van der Waals surface area contributed by atoms with Gasteiger partial charge in [0.2, 0.25) is 5.91 Å². The summed E-state index contributed by atoms with van der Waals surface area (Å²) in [6.45, 7) is 5.86. The smallest absolute Gasteiger partial charge is 0.251 e. The molecule has 2 aromatic carbocycles. The summed E-state index contributed by atoms with van der Waals surface area (Å²) in [5.74, 6) is 0.826. The van der Waals surface area contributed by atoms with E-state index in [1.165, 1.54) is 0 Å². The lowest BCUT2D eigenvalue weighted by Crippen LogP contribution is -2.40. The summed E-state index contributed by atoms with van der Waals surface area (Å²) in [6.07, 6.45) is 0. The van der Waals surface area contributed by atoms with Crippen LogP contribution >= 0.6 is 0 Å². The monoisotopic (exact) mass is 385 g/mol. The summed E-state index contributed by atoms with van der Waals surface area (Å²) in [5, 5.41) is 8.73. The first-order valence-electron chi connectivity index (χ1n) is 8.89. The largest absolute Gasteiger partial charge is 0.497 e. The van der Waals surface area contributed by atoms with Crippen LogP contribution in [0.4, 0.5) is 11.4 Å². The Morgan fingerprint density at radius 1 is 0.893 bits per heavy atom. The minimum atomic E-state index is -0.297. The molecule has 0 fully saturated rings. The lowest BCUT2D eigenvalue weighted by atomic mass is 10.1. The van der Waals surface area contributed by atoms with Crippen LogP contribution in [0.5, 0.6) is 11.5 Å². The maximum absolute atomic E-state index is 12.2. The third-order valence-corrected chi connectivity index (χ3v) is 3.72. The van der Waals surface area contributed by atoms with Gasteiger partial charge < -0.3 is 25.4 Å². The summed E-state index contributed by atoms with van der Waals surface area (Å²) in [7, 11) is 3.10. The topological polar surface area (TPSA) is 88.7 Å². The highest BCUT2D eigenvalue weighted by Crippen LogP contribution is 2.25. The number of benzene rings is 2. The second kappa shape index (κ2) is 9.12. The minimum Gasteiger partial charge on any atom is -0.497 e. The quantitative estimate of drug-likeness (QED) is 0.681. The summed E-state index contributed by atoms with van der Waals surface area (Å²) in [5.41, 5.74) is 1.59. The molecule has 2 rings (SSSR count). The zero-order chi connectivity index (χ0) is 20.7. The molecule has 0 unspecified atom stereocenters. The minimum absolute atomic E-state index is 0.0764. The molecule has 0 radical (unpaired) electrons. The number of amides is 2. The van der Waals surface area contributed by atoms with E-state index in [4.69, 9.17) is 9.47 Å². The Balaban J connectivity index is 1.92. The van der Waals surface area contributed by atoms with Crippen LogP contribution in [0.15, 0.2) is 42.5 Å². The van der Waals surface area contributed by atoms with Crippen LogP contribution in [0.25, 0.3) is 0 Å². The van der Waals surface area contributed by atoms with Crippen LogP contribution in [0.1, 0.15) is 31.1 Å². The summed E-state index contributed by atoms with van der Waals surface area (Å²) < 4.78 is 10.4. The van der Waals surface area contributed by atoms with Gasteiger partial charge in [0.05, 0.1) is 20.8 Å². The van der Waals surface area contributed by atoms with Gasteiger partial charge in [0.1, 0.15) is 11.5 Å². The van der Waals surface area contributed by atoms with Crippen LogP contribution in [-0.2, 0) is 4.79 Å². The van der Waals surface area contributed by atoms with Gasteiger partial charge in [-0.05, 0) is 45.0 Å². The van der Waals surface area contributed by atoms with E-state index in [1.54, 1.807) is 56.7 Å². The first-order chi connectivity index (χ1) is 13.2. The number of ether oxygens (including phenoxy) is 2. The Labute approximate surface area is 165 Å². The van der Waals surface area contributed by atoms with E-state index < -0.39 is 0 Å². The van der Waals surface area contributed by atoms with Crippen molar-refractivity contribution in [1.82, 2.24) is 5.32 Å². The Hall–Kier alpha value is -3.22. The number of anilines is 2. The highest BCUT2D eigenvalue weighted by Gasteiger charge is 2.15. The van der Waals surface area contributed by atoms with Gasteiger partial charge in [0, 0.05) is 40.7 Å². The molecule has 0 spiro atoms. The molecule has 0 saturated carbocycles. The van der Waals surface area contributed by atoms with Crippen molar-refractivity contribution in [1.29, 1.82) is 0 Å². The van der Waals surface area contributed by atoms with E-state index in [9.17, 15) is 9.59 Å². The average Bonchev–Trinajstić information content (AvgIpc) is 2.65.